The summed E-state index contributed by atoms with van der Waals surface area (Å²) in [7, 11) is 1.62. The number of carbonyl (C=O) groups is 2. The zero-order chi connectivity index (χ0) is 17.6. The molecule has 2 N–H and O–H groups in total. The number of nitrogens with zero attached hydrogens (tertiary/aromatic N) is 1. The van der Waals surface area contributed by atoms with Crippen molar-refractivity contribution >= 4 is 11.8 Å². The highest BCUT2D eigenvalue weighted by atomic mass is 19.1. The molecule has 0 fully saturated rings. The fraction of sp³-hybridized carbons (Fsp3) is 0.529. The van der Waals surface area contributed by atoms with Crippen molar-refractivity contribution in [3.05, 3.63) is 35.6 Å². The van der Waals surface area contributed by atoms with Gasteiger partial charge in [0.05, 0.1) is 11.7 Å². The minimum Gasteiger partial charge on any atom is -0.393 e. The van der Waals surface area contributed by atoms with Crippen LogP contribution in [0.3, 0.4) is 0 Å². The molecule has 0 heterocycles. The van der Waals surface area contributed by atoms with Crippen molar-refractivity contribution in [2.45, 2.75) is 39.3 Å². The molecule has 0 radical (unpaired) electrons. The van der Waals surface area contributed by atoms with Gasteiger partial charge in [-0.3, -0.25) is 9.59 Å². The van der Waals surface area contributed by atoms with Crippen molar-refractivity contribution in [1.29, 1.82) is 0 Å². The number of hydrogen-bond donors (Lipinski definition) is 2. The Bertz CT molecular complexity index is 546. The van der Waals surface area contributed by atoms with Crippen molar-refractivity contribution < 1.29 is 19.1 Å². The molecule has 0 aliphatic carbocycles. The smallest absolute Gasteiger partial charge is 0.254 e. The molecule has 1 aromatic rings. The third-order valence-corrected chi connectivity index (χ3v) is 3.60. The van der Waals surface area contributed by atoms with E-state index in [-0.39, 0.29) is 17.4 Å². The second-order valence-electron chi connectivity index (χ2n) is 6.07. The highest BCUT2D eigenvalue weighted by molar-refractivity contribution is 5.97. The second-order valence-corrected chi connectivity index (χ2v) is 6.07. The number of carbonyl (C=O) groups excluding carboxylic acids is 2. The van der Waals surface area contributed by atoms with Crippen LogP contribution in [0.2, 0.25) is 0 Å². The summed E-state index contributed by atoms with van der Waals surface area (Å²) >= 11 is 0. The summed E-state index contributed by atoms with van der Waals surface area (Å²) in [5.74, 6) is -1.64. The molecule has 23 heavy (non-hydrogen) atoms. The van der Waals surface area contributed by atoms with Crippen LogP contribution in [-0.4, -0.2) is 47.6 Å². The van der Waals surface area contributed by atoms with E-state index in [9.17, 15) is 19.1 Å². The Kier molecular flexibility index (Phi) is 7.16. The van der Waals surface area contributed by atoms with Gasteiger partial charge in [0.15, 0.2) is 0 Å². The summed E-state index contributed by atoms with van der Waals surface area (Å²) in [6.45, 7) is 5.66. The largest absolute Gasteiger partial charge is 0.393 e. The minimum absolute atomic E-state index is 0.0856. The Morgan fingerprint density at radius 2 is 1.87 bits per heavy atom. The van der Waals surface area contributed by atoms with Crippen molar-refractivity contribution in [1.82, 2.24) is 10.2 Å². The fourth-order valence-corrected chi connectivity index (χ4v) is 2.11. The van der Waals surface area contributed by atoms with Crippen LogP contribution in [0, 0.1) is 11.7 Å². The number of benzene rings is 1. The van der Waals surface area contributed by atoms with Gasteiger partial charge in [-0.05, 0) is 31.4 Å². The van der Waals surface area contributed by atoms with Crippen LogP contribution in [0.5, 0.6) is 0 Å². The maximum absolute atomic E-state index is 13.7. The lowest BCUT2D eigenvalue weighted by molar-refractivity contribution is -0.133. The van der Waals surface area contributed by atoms with Gasteiger partial charge < -0.3 is 15.3 Å². The molecular formula is C17H25FN2O3. The molecule has 6 heteroatoms. The molecule has 0 spiro atoms. The Balaban J connectivity index is 2.80. The molecule has 0 saturated heterocycles. The highest BCUT2D eigenvalue weighted by Crippen LogP contribution is 2.10. The number of nitrogens with one attached hydrogen (secondary N) is 1. The molecule has 2 amide bonds. The van der Waals surface area contributed by atoms with Crippen LogP contribution in [-0.2, 0) is 4.79 Å². The van der Waals surface area contributed by atoms with E-state index in [0.717, 1.165) is 0 Å². The number of hydrogen-bond acceptors (Lipinski definition) is 3. The van der Waals surface area contributed by atoms with E-state index in [2.05, 4.69) is 5.32 Å². The molecule has 0 aromatic heterocycles. The van der Waals surface area contributed by atoms with Gasteiger partial charge in [-0.25, -0.2) is 4.39 Å². The molecule has 0 aliphatic rings. The summed E-state index contributed by atoms with van der Waals surface area (Å²) in [5, 5.41) is 11.9. The monoisotopic (exact) mass is 324 g/mol. The molecule has 1 aromatic carbocycles. The van der Waals surface area contributed by atoms with Crippen molar-refractivity contribution in [3.63, 3.8) is 0 Å². The van der Waals surface area contributed by atoms with Gasteiger partial charge in [0.25, 0.3) is 5.91 Å². The lowest BCUT2D eigenvalue weighted by Gasteiger charge is -2.27. The average Bonchev–Trinajstić information content (AvgIpc) is 2.49. The van der Waals surface area contributed by atoms with Gasteiger partial charge in [0.2, 0.25) is 5.91 Å². The standard InChI is InChI=1S/C17H25FN2O3/c1-11(2)15(17(23)20(4)10-9-12(3)21)19-16(22)13-7-5-6-8-14(13)18/h5-8,11-12,15,21H,9-10H2,1-4H3,(H,19,22). The predicted molar refractivity (Wildman–Crippen MR) is 86.4 cm³/mol. The molecule has 2 unspecified atom stereocenters. The number of aliphatic hydroxyl groups is 1. The van der Waals surface area contributed by atoms with Crippen LogP contribution in [0.1, 0.15) is 37.6 Å². The van der Waals surface area contributed by atoms with Crippen molar-refractivity contribution in [3.8, 4) is 0 Å². The first-order valence-corrected chi connectivity index (χ1v) is 7.72. The van der Waals surface area contributed by atoms with Gasteiger partial charge in [-0.2, -0.15) is 0 Å². The zero-order valence-corrected chi connectivity index (χ0v) is 14.0. The summed E-state index contributed by atoms with van der Waals surface area (Å²) < 4.78 is 13.7. The summed E-state index contributed by atoms with van der Waals surface area (Å²) in [5.41, 5.74) is -0.0856. The molecule has 1 rings (SSSR count). The van der Waals surface area contributed by atoms with E-state index in [1.54, 1.807) is 20.0 Å². The zero-order valence-electron chi connectivity index (χ0n) is 14.0. The molecule has 128 valence electrons. The Morgan fingerprint density at radius 3 is 2.39 bits per heavy atom. The van der Waals surface area contributed by atoms with Gasteiger partial charge >= 0.3 is 0 Å². The summed E-state index contributed by atoms with van der Waals surface area (Å²) in [6.07, 6.45) is -0.0512. The van der Waals surface area contributed by atoms with Gasteiger partial charge in [-0.1, -0.05) is 26.0 Å². The van der Waals surface area contributed by atoms with Crippen LogP contribution in [0.15, 0.2) is 24.3 Å². The number of likely N-dealkylation sites (N-methyl/N-ethyl adjacent to an activating group) is 1. The van der Waals surface area contributed by atoms with Crippen molar-refractivity contribution in [2.75, 3.05) is 13.6 Å². The minimum atomic E-state index is -0.749. The molecule has 0 saturated carbocycles. The third-order valence-electron chi connectivity index (χ3n) is 3.60. The van der Waals surface area contributed by atoms with E-state index in [0.29, 0.717) is 13.0 Å². The van der Waals surface area contributed by atoms with Gasteiger partial charge in [-0.15, -0.1) is 0 Å². The highest BCUT2D eigenvalue weighted by Gasteiger charge is 2.28. The predicted octanol–water partition coefficient (Wildman–Crippen LogP) is 1.81. The quantitative estimate of drug-likeness (QED) is 0.804. The maximum Gasteiger partial charge on any atom is 0.254 e. The van der Waals surface area contributed by atoms with Crippen molar-refractivity contribution in [2.24, 2.45) is 5.92 Å². The molecule has 0 bridgehead atoms. The first-order valence-electron chi connectivity index (χ1n) is 7.72. The van der Waals surface area contributed by atoms with E-state index in [4.69, 9.17) is 0 Å². The average molecular weight is 324 g/mol. The lowest BCUT2D eigenvalue weighted by Crippen LogP contribution is -2.50. The number of rotatable bonds is 7. The molecule has 2 atom stereocenters. The topological polar surface area (TPSA) is 69.6 Å². The van der Waals surface area contributed by atoms with Crippen LogP contribution in [0.4, 0.5) is 4.39 Å². The normalized spacial score (nSPS) is 13.5. The van der Waals surface area contributed by atoms with E-state index in [1.807, 2.05) is 13.8 Å². The molecule has 0 aliphatic heterocycles. The maximum atomic E-state index is 13.7. The Morgan fingerprint density at radius 1 is 1.26 bits per heavy atom. The number of amides is 2. The molecule has 5 nitrogen and oxygen atoms in total. The van der Waals surface area contributed by atoms with E-state index in [1.165, 1.54) is 23.1 Å². The Labute approximate surface area is 136 Å². The van der Waals surface area contributed by atoms with E-state index >= 15 is 0 Å². The lowest BCUT2D eigenvalue weighted by atomic mass is 10.0. The first kappa shape index (κ1) is 19.1. The fourth-order valence-electron chi connectivity index (χ4n) is 2.11. The SMILES string of the molecule is CC(O)CCN(C)C(=O)C(NC(=O)c1ccccc1F)C(C)C. The first-order chi connectivity index (χ1) is 10.7. The molecular weight excluding hydrogens is 299 g/mol. The second kappa shape index (κ2) is 8.62. The number of halogens is 1. The number of aliphatic hydroxyl groups excluding tert-OH is 1. The third kappa shape index (κ3) is 5.63. The Hall–Kier alpha value is -1.95. The van der Waals surface area contributed by atoms with Crippen LogP contribution >= 0.6 is 0 Å². The van der Waals surface area contributed by atoms with Gasteiger partial charge in [0.1, 0.15) is 11.9 Å². The van der Waals surface area contributed by atoms with Gasteiger partial charge in [0, 0.05) is 13.6 Å². The van der Waals surface area contributed by atoms with E-state index < -0.39 is 23.9 Å². The van der Waals surface area contributed by atoms with Crippen LogP contribution in [0.25, 0.3) is 0 Å². The van der Waals surface area contributed by atoms with Crippen LogP contribution < -0.4 is 5.32 Å². The summed E-state index contributed by atoms with van der Waals surface area (Å²) in [6, 6.07) is 4.90. The summed E-state index contributed by atoms with van der Waals surface area (Å²) in [4.78, 5) is 26.2.